The Bertz CT molecular complexity index is 178. The Labute approximate surface area is 73.8 Å². The molecule has 2 nitrogen and oxygen atoms in total. The zero-order chi connectivity index (χ0) is 9.19. The van der Waals surface area contributed by atoms with Crippen molar-refractivity contribution in [3.8, 4) is 0 Å². The van der Waals surface area contributed by atoms with E-state index in [1.807, 2.05) is 0 Å². The molecule has 0 N–H and O–H groups in total. The Balaban J connectivity index is 2.42. The fourth-order valence-electron chi connectivity index (χ4n) is 1.17. The lowest BCUT2D eigenvalue weighted by atomic mass is 10.1. The molecule has 12 heavy (non-hydrogen) atoms. The van der Waals surface area contributed by atoms with Crippen molar-refractivity contribution in [2.75, 3.05) is 6.61 Å². The summed E-state index contributed by atoms with van der Waals surface area (Å²) in [4.78, 5) is 10.2. The van der Waals surface area contributed by atoms with Gasteiger partial charge < -0.3 is 4.74 Å². The van der Waals surface area contributed by atoms with Gasteiger partial charge in [-0.05, 0) is 24.4 Å². The van der Waals surface area contributed by atoms with E-state index in [0.29, 0.717) is 13.0 Å². The van der Waals surface area contributed by atoms with Crippen molar-refractivity contribution in [1.29, 1.82) is 0 Å². The zero-order valence-electron chi connectivity index (χ0n) is 6.36. The predicted octanol–water partition coefficient (Wildman–Crippen LogP) is 1.96. The molecule has 1 aliphatic rings. The zero-order valence-corrected chi connectivity index (χ0v) is 7.11. The topological polar surface area (TPSA) is 26.3 Å². The van der Waals surface area contributed by atoms with Crippen molar-refractivity contribution in [1.82, 2.24) is 0 Å². The molecule has 1 aliphatic heterocycles. The van der Waals surface area contributed by atoms with E-state index in [0.717, 1.165) is 6.42 Å². The Morgan fingerprint density at radius 3 is 2.75 bits per heavy atom. The molecule has 1 fully saturated rings. The van der Waals surface area contributed by atoms with Gasteiger partial charge >= 0.3 is 5.92 Å². The van der Waals surface area contributed by atoms with E-state index in [4.69, 9.17) is 16.3 Å². The molecule has 1 heterocycles. The van der Waals surface area contributed by atoms with Gasteiger partial charge in [0.1, 0.15) is 0 Å². The lowest BCUT2D eigenvalue weighted by Crippen LogP contribution is -2.29. The Hall–Kier alpha value is -0.220. The number of carbonyl (C=O) groups excluding carboxylic acids is 1. The molecule has 0 aliphatic carbocycles. The van der Waals surface area contributed by atoms with Crippen LogP contribution in [0.2, 0.25) is 0 Å². The summed E-state index contributed by atoms with van der Waals surface area (Å²) in [6.45, 7) is 0.497. The van der Waals surface area contributed by atoms with E-state index < -0.39 is 23.7 Å². The van der Waals surface area contributed by atoms with E-state index in [1.54, 1.807) is 0 Å². The van der Waals surface area contributed by atoms with Crippen LogP contribution in [-0.4, -0.2) is 23.9 Å². The van der Waals surface area contributed by atoms with Gasteiger partial charge in [-0.2, -0.15) is 8.78 Å². The minimum Gasteiger partial charge on any atom is -0.378 e. The van der Waals surface area contributed by atoms with Crippen LogP contribution in [0, 0.1) is 0 Å². The van der Waals surface area contributed by atoms with Crippen molar-refractivity contribution < 1.29 is 18.3 Å². The Kier molecular flexibility index (Phi) is 3.01. The van der Waals surface area contributed by atoms with Gasteiger partial charge in [0.2, 0.25) is 0 Å². The second-order valence-electron chi connectivity index (χ2n) is 2.82. The van der Waals surface area contributed by atoms with Gasteiger partial charge in [-0.15, -0.1) is 0 Å². The molecule has 1 saturated heterocycles. The third kappa shape index (κ3) is 2.38. The summed E-state index contributed by atoms with van der Waals surface area (Å²) in [5, 5.41) is -1.60. The van der Waals surface area contributed by atoms with Crippen LogP contribution in [-0.2, 0) is 9.53 Å². The highest BCUT2D eigenvalue weighted by Gasteiger charge is 2.40. The highest BCUT2D eigenvalue weighted by Crippen LogP contribution is 2.28. The number of carbonyl (C=O) groups is 1. The van der Waals surface area contributed by atoms with E-state index in [2.05, 4.69) is 0 Å². The van der Waals surface area contributed by atoms with Crippen molar-refractivity contribution in [2.24, 2.45) is 0 Å². The summed E-state index contributed by atoms with van der Waals surface area (Å²) in [7, 11) is 0. The molecule has 0 bridgehead atoms. The molecule has 0 radical (unpaired) electrons. The van der Waals surface area contributed by atoms with E-state index in [9.17, 15) is 13.6 Å². The van der Waals surface area contributed by atoms with E-state index >= 15 is 0 Å². The first-order valence-corrected chi connectivity index (χ1v) is 4.09. The Morgan fingerprint density at radius 2 is 2.33 bits per heavy atom. The van der Waals surface area contributed by atoms with Crippen LogP contribution in [0.3, 0.4) is 0 Å². The van der Waals surface area contributed by atoms with Crippen molar-refractivity contribution in [2.45, 2.75) is 31.3 Å². The fraction of sp³-hybridized carbons (Fsp3) is 0.857. The molecule has 0 aromatic carbocycles. The van der Waals surface area contributed by atoms with Crippen LogP contribution >= 0.6 is 11.6 Å². The SMILES string of the molecule is O=C(Cl)C(F)(F)CC1CCCO1. The van der Waals surface area contributed by atoms with Crippen molar-refractivity contribution in [3.63, 3.8) is 0 Å². The number of ether oxygens (including phenoxy) is 1. The third-order valence-electron chi connectivity index (χ3n) is 1.80. The molecule has 5 heteroatoms. The maximum atomic E-state index is 12.6. The summed E-state index contributed by atoms with van der Waals surface area (Å²) in [5.74, 6) is -3.43. The average molecular weight is 199 g/mol. The van der Waals surface area contributed by atoms with Crippen LogP contribution in [0.15, 0.2) is 0 Å². The highest BCUT2D eigenvalue weighted by atomic mass is 35.5. The quantitative estimate of drug-likeness (QED) is 0.648. The number of hydrogen-bond acceptors (Lipinski definition) is 2. The second kappa shape index (κ2) is 3.66. The minimum atomic E-state index is -3.43. The molecule has 70 valence electrons. The smallest absolute Gasteiger partial charge is 0.322 e. The third-order valence-corrected chi connectivity index (χ3v) is 2.07. The molecule has 0 saturated carbocycles. The predicted molar refractivity (Wildman–Crippen MR) is 39.4 cm³/mol. The monoisotopic (exact) mass is 198 g/mol. The van der Waals surface area contributed by atoms with Gasteiger partial charge in [-0.3, -0.25) is 4.79 Å². The molecule has 0 amide bonds. The molecule has 0 spiro atoms. The molecule has 1 unspecified atom stereocenters. The lowest BCUT2D eigenvalue weighted by Gasteiger charge is -2.15. The van der Waals surface area contributed by atoms with Gasteiger partial charge in [0, 0.05) is 13.0 Å². The maximum Gasteiger partial charge on any atom is 0.322 e. The summed E-state index contributed by atoms with van der Waals surface area (Å²) in [6.07, 6.45) is 0.259. The number of rotatable bonds is 3. The van der Waals surface area contributed by atoms with Crippen molar-refractivity contribution >= 4 is 16.8 Å². The summed E-state index contributed by atoms with van der Waals surface area (Å²) in [5.41, 5.74) is 0. The van der Waals surface area contributed by atoms with E-state index in [-0.39, 0.29) is 0 Å². The summed E-state index contributed by atoms with van der Waals surface area (Å²) in [6, 6.07) is 0. The van der Waals surface area contributed by atoms with Crippen LogP contribution in [0.4, 0.5) is 8.78 Å². The summed E-state index contributed by atoms with van der Waals surface area (Å²) < 4.78 is 30.2. The summed E-state index contributed by atoms with van der Waals surface area (Å²) >= 11 is 4.70. The Morgan fingerprint density at radius 1 is 1.67 bits per heavy atom. The molecule has 0 aromatic rings. The first kappa shape index (κ1) is 9.86. The van der Waals surface area contributed by atoms with Crippen LogP contribution in [0.25, 0.3) is 0 Å². The molecular weight excluding hydrogens is 190 g/mol. The van der Waals surface area contributed by atoms with Crippen molar-refractivity contribution in [3.05, 3.63) is 0 Å². The molecule has 0 aromatic heterocycles. The van der Waals surface area contributed by atoms with Gasteiger partial charge in [0.05, 0.1) is 6.10 Å². The lowest BCUT2D eigenvalue weighted by molar-refractivity contribution is -0.138. The van der Waals surface area contributed by atoms with Crippen LogP contribution in [0.1, 0.15) is 19.3 Å². The number of hydrogen-bond donors (Lipinski definition) is 0. The fourth-order valence-corrected chi connectivity index (χ4v) is 1.25. The minimum absolute atomic E-state index is 0.497. The largest absolute Gasteiger partial charge is 0.378 e. The second-order valence-corrected chi connectivity index (χ2v) is 3.16. The van der Waals surface area contributed by atoms with Crippen LogP contribution < -0.4 is 0 Å². The van der Waals surface area contributed by atoms with Crippen LogP contribution in [0.5, 0.6) is 0 Å². The number of halogens is 3. The average Bonchev–Trinajstić information content (AvgIpc) is 2.38. The van der Waals surface area contributed by atoms with Gasteiger partial charge in [-0.25, -0.2) is 0 Å². The van der Waals surface area contributed by atoms with E-state index in [1.165, 1.54) is 0 Å². The molecular formula is C7H9ClF2O2. The number of alkyl halides is 2. The van der Waals surface area contributed by atoms with Gasteiger partial charge in [0.25, 0.3) is 5.24 Å². The first-order valence-electron chi connectivity index (χ1n) is 3.72. The highest BCUT2D eigenvalue weighted by molar-refractivity contribution is 6.65. The molecule has 1 rings (SSSR count). The first-order chi connectivity index (χ1) is 5.52. The normalized spacial score (nSPS) is 24.4. The van der Waals surface area contributed by atoms with Gasteiger partial charge in [0.15, 0.2) is 0 Å². The maximum absolute atomic E-state index is 12.6. The van der Waals surface area contributed by atoms with Gasteiger partial charge in [-0.1, -0.05) is 0 Å². The molecule has 1 atom stereocenters. The standard InChI is InChI=1S/C7H9ClF2O2/c8-6(11)7(9,10)4-5-2-1-3-12-5/h5H,1-4H2.